The minimum atomic E-state index is -2.05. The first-order valence-electron chi connectivity index (χ1n) is 9.76. The molecule has 0 aliphatic carbocycles. The fourth-order valence-electron chi connectivity index (χ4n) is 2.78. The lowest BCUT2D eigenvalue weighted by Gasteiger charge is -2.36. The van der Waals surface area contributed by atoms with Crippen molar-refractivity contribution in [2.24, 2.45) is 0 Å². The Morgan fingerprint density at radius 2 is 1.59 bits per heavy atom. The van der Waals surface area contributed by atoms with Gasteiger partial charge in [0.25, 0.3) is 0 Å². The third-order valence-corrected chi connectivity index (χ3v) is 10.3. The van der Waals surface area contributed by atoms with Gasteiger partial charge in [-0.2, -0.15) is 0 Å². The molecule has 158 valence electrons. The average molecular weight is 417 g/mol. The second-order valence-corrected chi connectivity index (χ2v) is 13.6. The van der Waals surface area contributed by atoms with Crippen LogP contribution in [0.25, 0.3) is 0 Å². The van der Waals surface area contributed by atoms with Crippen LogP contribution in [0.2, 0.25) is 18.1 Å². The summed E-state index contributed by atoms with van der Waals surface area (Å²) in [5.41, 5.74) is 2.82. The summed E-state index contributed by atoms with van der Waals surface area (Å²) in [4.78, 5) is 11.7. The van der Waals surface area contributed by atoms with Crippen molar-refractivity contribution in [1.82, 2.24) is 0 Å². The molecule has 2 rings (SSSR count). The van der Waals surface area contributed by atoms with Crippen LogP contribution in [-0.2, 0) is 29.0 Å². The molecule has 0 aromatic heterocycles. The van der Waals surface area contributed by atoms with Crippen molar-refractivity contribution in [2.75, 3.05) is 0 Å². The average Bonchev–Trinajstić information content (AvgIpc) is 2.66. The van der Waals surface area contributed by atoms with Crippen molar-refractivity contribution < 1.29 is 24.2 Å². The van der Waals surface area contributed by atoms with Crippen LogP contribution in [-0.4, -0.2) is 24.8 Å². The van der Waals surface area contributed by atoms with Gasteiger partial charge in [-0.15, -0.1) is 0 Å². The number of aromatic hydroxyl groups is 2. The van der Waals surface area contributed by atoms with Crippen LogP contribution in [0.3, 0.4) is 0 Å². The smallest absolute Gasteiger partial charge is 0.192 e. The van der Waals surface area contributed by atoms with E-state index in [9.17, 15) is 15.0 Å². The van der Waals surface area contributed by atoms with Gasteiger partial charge in [-0.1, -0.05) is 51.1 Å². The van der Waals surface area contributed by atoms with E-state index in [0.29, 0.717) is 29.6 Å². The number of carbonyl (C=O) groups is 1. The predicted octanol–water partition coefficient (Wildman–Crippen LogP) is 5.46. The minimum absolute atomic E-state index is 0.0251. The van der Waals surface area contributed by atoms with Crippen molar-refractivity contribution in [3.05, 3.63) is 58.1 Å². The molecule has 0 radical (unpaired) electrons. The van der Waals surface area contributed by atoms with Crippen LogP contribution < -0.4 is 0 Å². The maximum atomic E-state index is 11.7. The molecule has 0 spiro atoms. The molecule has 0 saturated heterocycles. The molecule has 5 nitrogen and oxygen atoms in total. The highest BCUT2D eigenvalue weighted by Gasteiger charge is 2.37. The van der Waals surface area contributed by atoms with E-state index in [4.69, 9.17) is 9.16 Å². The Balaban J connectivity index is 2.35. The zero-order valence-corrected chi connectivity index (χ0v) is 19.2. The second-order valence-electron chi connectivity index (χ2n) is 8.84. The highest BCUT2D eigenvalue weighted by Crippen LogP contribution is 2.41. The Kier molecular flexibility index (Phi) is 7.27. The lowest BCUT2D eigenvalue weighted by atomic mass is 9.96. The molecule has 0 amide bonds. The van der Waals surface area contributed by atoms with Crippen molar-refractivity contribution in [3.8, 4) is 11.5 Å². The summed E-state index contributed by atoms with van der Waals surface area (Å²) in [7, 11) is -2.05. The van der Waals surface area contributed by atoms with Gasteiger partial charge in [-0.3, -0.25) is 4.79 Å². The van der Waals surface area contributed by atoms with E-state index in [1.54, 1.807) is 6.92 Å². The Labute approximate surface area is 174 Å². The summed E-state index contributed by atoms with van der Waals surface area (Å²) >= 11 is 0. The van der Waals surface area contributed by atoms with Crippen molar-refractivity contribution in [1.29, 1.82) is 0 Å². The number of phenols is 2. The number of benzene rings is 2. The highest BCUT2D eigenvalue weighted by molar-refractivity contribution is 6.74. The molecule has 2 aromatic rings. The third kappa shape index (κ3) is 5.26. The van der Waals surface area contributed by atoms with Crippen LogP contribution in [0.5, 0.6) is 11.5 Å². The zero-order valence-electron chi connectivity index (χ0n) is 18.2. The Morgan fingerprint density at radius 1 is 0.966 bits per heavy atom. The summed E-state index contributed by atoms with van der Waals surface area (Å²) in [5.74, 6) is -0.695. The number of rotatable bonds is 8. The number of carbonyl (C=O) groups excluding carboxylic acids is 1. The molecule has 0 fully saturated rings. The van der Waals surface area contributed by atoms with E-state index < -0.39 is 14.1 Å². The normalized spacial score (nSPS) is 12.2. The lowest BCUT2D eigenvalue weighted by Crippen LogP contribution is -2.40. The van der Waals surface area contributed by atoms with Crippen molar-refractivity contribution >= 4 is 14.6 Å². The van der Waals surface area contributed by atoms with Gasteiger partial charge >= 0.3 is 0 Å². The van der Waals surface area contributed by atoms with E-state index in [1.807, 2.05) is 30.3 Å². The topological polar surface area (TPSA) is 76.0 Å². The molecule has 2 aromatic carbocycles. The van der Waals surface area contributed by atoms with Crippen LogP contribution in [0.1, 0.15) is 53.4 Å². The molecule has 29 heavy (non-hydrogen) atoms. The molecular formula is C23H32O5Si. The van der Waals surface area contributed by atoms with Gasteiger partial charge < -0.3 is 19.4 Å². The molecule has 0 unspecified atom stereocenters. The summed E-state index contributed by atoms with van der Waals surface area (Å²) in [6, 6.07) is 9.73. The van der Waals surface area contributed by atoms with Crippen molar-refractivity contribution in [3.63, 3.8) is 0 Å². The maximum Gasteiger partial charge on any atom is 0.192 e. The minimum Gasteiger partial charge on any atom is -0.504 e. The fourth-order valence-corrected chi connectivity index (χ4v) is 3.72. The molecule has 0 aliphatic heterocycles. The van der Waals surface area contributed by atoms with Crippen LogP contribution in [0, 0.1) is 6.92 Å². The van der Waals surface area contributed by atoms with E-state index in [-0.39, 0.29) is 29.6 Å². The number of hydrogen-bond donors (Lipinski definition) is 2. The Morgan fingerprint density at radius 3 is 2.14 bits per heavy atom. The monoisotopic (exact) mass is 416 g/mol. The van der Waals surface area contributed by atoms with Gasteiger partial charge in [0.15, 0.2) is 26.1 Å². The number of ether oxygens (including phenoxy) is 1. The maximum absolute atomic E-state index is 11.7. The fraction of sp³-hybridized carbons (Fsp3) is 0.435. The molecule has 0 atom stereocenters. The molecule has 0 bridgehead atoms. The first-order chi connectivity index (χ1) is 13.5. The quantitative estimate of drug-likeness (QED) is 0.340. The number of hydrogen-bond acceptors (Lipinski definition) is 5. The van der Waals surface area contributed by atoms with Gasteiger partial charge in [-0.05, 0) is 41.7 Å². The summed E-state index contributed by atoms with van der Waals surface area (Å²) < 4.78 is 12.2. The van der Waals surface area contributed by atoms with Gasteiger partial charge in [0.05, 0.1) is 25.4 Å². The van der Waals surface area contributed by atoms with Crippen molar-refractivity contribution in [2.45, 2.75) is 65.6 Å². The van der Waals surface area contributed by atoms with Crippen LogP contribution in [0.4, 0.5) is 0 Å². The zero-order chi connectivity index (χ0) is 21.8. The summed E-state index contributed by atoms with van der Waals surface area (Å²) in [6.07, 6.45) is 0.561. The molecule has 2 N–H and O–H groups in total. The van der Waals surface area contributed by atoms with E-state index in [0.717, 1.165) is 5.56 Å². The van der Waals surface area contributed by atoms with Gasteiger partial charge in [0, 0.05) is 5.56 Å². The third-order valence-electron chi connectivity index (χ3n) is 5.84. The Hall–Kier alpha value is -2.15. The van der Waals surface area contributed by atoms with Crippen LogP contribution >= 0.6 is 0 Å². The SMILES string of the molecule is Cc1c(O)c(O)c(C=O)c(COCc2ccccc2)c1CO[Si](C)(C)C(C)(C)C. The predicted molar refractivity (Wildman–Crippen MR) is 117 cm³/mol. The van der Waals surface area contributed by atoms with Gasteiger partial charge in [-0.25, -0.2) is 0 Å². The Bertz CT molecular complexity index is 854. The van der Waals surface area contributed by atoms with Gasteiger partial charge in [0.2, 0.25) is 0 Å². The molecule has 0 heterocycles. The highest BCUT2D eigenvalue weighted by atomic mass is 28.4. The van der Waals surface area contributed by atoms with Gasteiger partial charge in [0.1, 0.15) is 0 Å². The summed E-state index contributed by atoms with van der Waals surface area (Å²) in [5, 5.41) is 20.6. The van der Waals surface area contributed by atoms with E-state index in [2.05, 4.69) is 33.9 Å². The molecule has 0 saturated carbocycles. The standard InChI is InChI=1S/C23H32O5Si/c1-16-19(15-28-29(5,6)23(2,3)4)20(18(12-24)22(26)21(16)25)14-27-13-17-10-8-7-9-11-17/h7-12,25-26H,13-15H2,1-6H3. The van der Waals surface area contributed by atoms with E-state index in [1.165, 1.54) is 0 Å². The lowest BCUT2D eigenvalue weighted by molar-refractivity contribution is 0.102. The second kappa shape index (κ2) is 9.11. The number of aldehydes is 1. The first kappa shape index (κ1) is 23.1. The largest absolute Gasteiger partial charge is 0.504 e. The molecule has 6 heteroatoms. The van der Waals surface area contributed by atoms with E-state index >= 15 is 0 Å². The first-order valence-corrected chi connectivity index (χ1v) is 12.7. The molecule has 0 aliphatic rings. The number of phenolic OH excluding ortho intramolecular Hbond substituents is 2. The summed E-state index contributed by atoms with van der Waals surface area (Å²) in [6.45, 7) is 13.2. The van der Waals surface area contributed by atoms with Crippen LogP contribution in [0.15, 0.2) is 30.3 Å². The molecular weight excluding hydrogens is 384 g/mol.